The van der Waals surface area contributed by atoms with E-state index in [1.807, 2.05) is 44.2 Å². The van der Waals surface area contributed by atoms with Gasteiger partial charge in [0.05, 0.1) is 5.25 Å². The summed E-state index contributed by atoms with van der Waals surface area (Å²) >= 11 is 1.28. The monoisotopic (exact) mass is 331 g/mol. The largest absolute Gasteiger partial charge is 0.383 e. The molecule has 1 unspecified atom stereocenters. The molecule has 0 aliphatic carbocycles. The number of thioether (sulfide) groups is 1. The summed E-state index contributed by atoms with van der Waals surface area (Å²) < 4.78 is 0. The normalized spacial score (nSPS) is 12.2. The molecule has 1 heterocycles. The van der Waals surface area contributed by atoms with Crippen LogP contribution in [0.1, 0.15) is 13.8 Å². The van der Waals surface area contributed by atoms with E-state index in [9.17, 15) is 4.79 Å². The maximum Gasteiger partial charge on any atom is 0.240 e. The van der Waals surface area contributed by atoms with Crippen LogP contribution in [0.2, 0.25) is 0 Å². The van der Waals surface area contributed by atoms with Crippen molar-refractivity contribution in [3.63, 3.8) is 0 Å². The highest BCUT2D eigenvalue weighted by molar-refractivity contribution is 8.00. The second-order valence-electron chi connectivity index (χ2n) is 5.52. The molecule has 4 N–H and O–H groups in total. The molecule has 122 valence electrons. The number of aromatic nitrogens is 2. The van der Waals surface area contributed by atoms with E-state index in [-0.39, 0.29) is 17.1 Å². The maximum absolute atomic E-state index is 12.8. The van der Waals surface area contributed by atoms with Gasteiger partial charge in [0.25, 0.3) is 0 Å². The third kappa shape index (κ3) is 4.35. The number of anilines is 3. The highest BCUT2D eigenvalue weighted by atomic mass is 32.2. The molecule has 0 spiro atoms. The number of carbonyl (C=O) groups excluding carboxylic acids is 1. The van der Waals surface area contributed by atoms with E-state index in [4.69, 9.17) is 11.5 Å². The number of nitrogen functional groups attached to an aromatic ring is 2. The minimum Gasteiger partial charge on any atom is -0.383 e. The molecule has 1 amide bonds. The lowest BCUT2D eigenvalue weighted by molar-refractivity contribution is -0.118. The van der Waals surface area contributed by atoms with Crippen molar-refractivity contribution < 1.29 is 4.79 Å². The van der Waals surface area contributed by atoms with Gasteiger partial charge in [-0.25, -0.2) is 9.97 Å². The summed E-state index contributed by atoms with van der Waals surface area (Å²) in [5.74, 6) is 0.684. The predicted octanol–water partition coefficient (Wildman–Crippen LogP) is 2.42. The van der Waals surface area contributed by atoms with E-state index < -0.39 is 0 Å². The Bertz CT molecular complexity index is 657. The minimum absolute atomic E-state index is 0.0132. The first kappa shape index (κ1) is 17.1. The number of carbonyl (C=O) groups is 1. The van der Waals surface area contributed by atoms with Crippen LogP contribution >= 0.6 is 11.8 Å². The van der Waals surface area contributed by atoms with Crippen LogP contribution in [0, 0.1) is 5.92 Å². The van der Waals surface area contributed by atoms with Crippen LogP contribution in [0.5, 0.6) is 0 Å². The highest BCUT2D eigenvalue weighted by Crippen LogP contribution is 2.29. The molecule has 0 fully saturated rings. The molecule has 2 aromatic rings. The SMILES string of the molecule is CC(C)C(Sc1nc(N)cc(N)n1)C(=O)N(C)c1ccccc1. The number of hydrogen-bond donors (Lipinski definition) is 2. The molecule has 1 aromatic heterocycles. The fourth-order valence-corrected chi connectivity index (χ4v) is 3.14. The van der Waals surface area contributed by atoms with Crippen LogP contribution in [-0.4, -0.2) is 28.2 Å². The fourth-order valence-electron chi connectivity index (χ4n) is 2.07. The summed E-state index contributed by atoms with van der Waals surface area (Å²) in [6, 6.07) is 11.0. The van der Waals surface area contributed by atoms with Crippen molar-refractivity contribution in [2.24, 2.45) is 5.92 Å². The van der Waals surface area contributed by atoms with Crippen LogP contribution in [0.3, 0.4) is 0 Å². The van der Waals surface area contributed by atoms with Gasteiger partial charge < -0.3 is 16.4 Å². The van der Waals surface area contributed by atoms with Gasteiger partial charge in [-0.3, -0.25) is 4.79 Å². The maximum atomic E-state index is 12.8. The number of benzene rings is 1. The van der Waals surface area contributed by atoms with Crippen molar-refractivity contribution in [3.8, 4) is 0 Å². The molecule has 1 aromatic carbocycles. The molecule has 0 saturated heterocycles. The fraction of sp³-hybridized carbons (Fsp3) is 0.312. The van der Waals surface area contributed by atoms with Crippen molar-refractivity contribution in [1.29, 1.82) is 0 Å². The molecule has 7 heteroatoms. The Kier molecular flexibility index (Phi) is 5.44. The summed E-state index contributed by atoms with van der Waals surface area (Å²) in [6.07, 6.45) is 0. The first-order valence-corrected chi connectivity index (χ1v) is 8.15. The quantitative estimate of drug-likeness (QED) is 0.645. The van der Waals surface area contributed by atoms with Crippen LogP contribution in [0.4, 0.5) is 17.3 Å². The third-order valence-corrected chi connectivity index (χ3v) is 4.69. The lowest BCUT2D eigenvalue weighted by atomic mass is 10.1. The Morgan fingerprint density at radius 3 is 2.22 bits per heavy atom. The minimum atomic E-state index is -0.332. The first-order chi connectivity index (χ1) is 10.9. The van der Waals surface area contributed by atoms with Gasteiger partial charge >= 0.3 is 0 Å². The van der Waals surface area contributed by atoms with Crippen molar-refractivity contribution >= 4 is 35.0 Å². The van der Waals surface area contributed by atoms with E-state index in [1.165, 1.54) is 17.8 Å². The Morgan fingerprint density at radius 2 is 1.70 bits per heavy atom. The smallest absolute Gasteiger partial charge is 0.240 e. The summed E-state index contributed by atoms with van der Waals surface area (Å²) in [7, 11) is 1.77. The lowest BCUT2D eigenvalue weighted by Gasteiger charge is -2.25. The van der Waals surface area contributed by atoms with Crippen molar-refractivity contribution in [1.82, 2.24) is 9.97 Å². The Labute approximate surface area is 140 Å². The Balaban J connectivity index is 2.22. The van der Waals surface area contributed by atoms with E-state index in [0.29, 0.717) is 16.8 Å². The van der Waals surface area contributed by atoms with Crippen LogP contribution in [0.25, 0.3) is 0 Å². The van der Waals surface area contributed by atoms with Crippen molar-refractivity contribution in [2.45, 2.75) is 24.3 Å². The average molecular weight is 331 g/mol. The summed E-state index contributed by atoms with van der Waals surface area (Å²) in [6.45, 7) is 3.98. The third-order valence-electron chi connectivity index (χ3n) is 3.30. The number of hydrogen-bond acceptors (Lipinski definition) is 6. The van der Waals surface area contributed by atoms with Crippen LogP contribution in [-0.2, 0) is 4.79 Å². The molecule has 23 heavy (non-hydrogen) atoms. The Hall–Kier alpha value is -2.28. The van der Waals surface area contributed by atoms with Crippen LogP contribution < -0.4 is 16.4 Å². The molecule has 2 rings (SSSR count). The van der Waals surface area contributed by atoms with Gasteiger partial charge in [-0.1, -0.05) is 43.8 Å². The van der Waals surface area contributed by atoms with Gasteiger partial charge in [0.2, 0.25) is 5.91 Å². The number of rotatable bonds is 5. The molecular weight excluding hydrogens is 310 g/mol. The average Bonchev–Trinajstić information content (AvgIpc) is 2.51. The molecule has 6 nitrogen and oxygen atoms in total. The molecule has 1 atom stereocenters. The number of nitrogens with two attached hydrogens (primary N) is 2. The molecule has 0 aliphatic rings. The Morgan fingerprint density at radius 1 is 1.13 bits per heavy atom. The molecule has 0 bridgehead atoms. The molecular formula is C16H21N5OS. The zero-order valence-corrected chi connectivity index (χ0v) is 14.2. The second kappa shape index (κ2) is 7.32. The van der Waals surface area contributed by atoms with Gasteiger partial charge in [-0.05, 0) is 18.1 Å². The molecule has 0 radical (unpaired) electrons. The number of nitrogens with zero attached hydrogens (tertiary/aromatic N) is 3. The first-order valence-electron chi connectivity index (χ1n) is 7.27. The summed E-state index contributed by atoms with van der Waals surface area (Å²) in [5.41, 5.74) is 12.2. The van der Waals surface area contributed by atoms with Gasteiger partial charge in [-0.2, -0.15) is 0 Å². The van der Waals surface area contributed by atoms with E-state index in [2.05, 4.69) is 9.97 Å². The van der Waals surface area contributed by atoms with Gasteiger partial charge in [0.15, 0.2) is 5.16 Å². The molecule has 0 aliphatic heterocycles. The highest BCUT2D eigenvalue weighted by Gasteiger charge is 2.28. The standard InChI is InChI=1S/C16H21N5OS/c1-10(2)14(23-16-19-12(17)9-13(18)20-16)15(22)21(3)11-7-5-4-6-8-11/h4-10,14H,1-3H3,(H4,17,18,19,20). The second-order valence-corrected chi connectivity index (χ2v) is 6.62. The molecule has 0 saturated carbocycles. The van der Waals surface area contributed by atoms with E-state index >= 15 is 0 Å². The summed E-state index contributed by atoms with van der Waals surface area (Å²) in [4.78, 5) is 22.8. The zero-order valence-electron chi connectivity index (χ0n) is 13.4. The zero-order chi connectivity index (χ0) is 17.0. The summed E-state index contributed by atoms with van der Waals surface area (Å²) in [5, 5.41) is 0.0809. The predicted molar refractivity (Wildman–Crippen MR) is 95.2 cm³/mol. The number of para-hydroxylation sites is 1. The number of amides is 1. The van der Waals surface area contributed by atoms with E-state index in [1.54, 1.807) is 11.9 Å². The van der Waals surface area contributed by atoms with Gasteiger partial charge in [0, 0.05) is 18.8 Å². The van der Waals surface area contributed by atoms with Crippen LogP contribution in [0.15, 0.2) is 41.6 Å². The topological polar surface area (TPSA) is 98.1 Å². The van der Waals surface area contributed by atoms with Crippen molar-refractivity contribution in [3.05, 3.63) is 36.4 Å². The van der Waals surface area contributed by atoms with Crippen molar-refractivity contribution in [2.75, 3.05) is 23.4 Å². The van der Waals surface area contributed by atoms with Gasteiger partial charge in [-0.15, -0.1) is 0 Å². The lowest BCUT2D eigenvalue weighted by Crippen LogP contribution is -2.37. The van der Waals surface area contributed by atoms with Gasteiger partial charge in [0.1, 0.15) is 11.6 Å². The van der Waals surface area contributed by atoms with E-state index in [0.717, 1.165) is 5.69 Å².